The molecule has 18 heavy (non-hydrogen) atoms. The Morgan fingerprint density at radius 3 is 2.89 bits per heavy atom. The summed E-state index contributed by atoms with van der Waals surface area (Å²) in [6.07, 6.45) is 9.03. The fourth-order valence-electron chi connectivity index (χ4n) is 2.26. The van der Waals surface area contributed by atoms with Crippen molar-refractivity contribution in [2.75, 3.05) is 6.61 Å². The van der Waals surface area contributed by atoms with Crippen LogP contribution in [0.1, 0.15) is 49.4 Å². The minimum absolute atomic E-state index is 0.466. The van der Waals surface area contributed by atoms with Crippen LogP contribution in [0.3, 0.4) is 0 Å². The second-order valence-electron chi connectivity index (χ2n) is 4.46. The topological polar surface area (TPSA) is 39.2 Å². The third-order valence-electron chi connectivity index (χ3n) is 3.16. The summed E-state index contributed by atoms with van der Waals surface area (Å²) in [4.78, 5) is 16.4. The van der Waals surface area contributed by atoms with E-state index in [1.54, 1.807) is 18.0 Å². The lowest BCUT2D eigenvalue weighted by Crippen LogP contribution is -2.09. The predicted molar refractivity (Wildman–Crippen MR) is 73.5 cm³/mol. The molecule has 0 aliphatic heterocycles. The molecule has 0 unspecified atom stereocenters. The molecule has 0 bridgehead atoms. The van der Waals surface area contributed by atoms with Gasteiger partial charge in [0.1, 0.15) is 0 Å². The van der Waals surface area contributed by atoms with Gasteiger partial charge in [-0.3, -0.25) is 4.79 Å². The van der Waals surface area contributed by atoms with Crippen LogP contribution in [-0.4, -0.2) is 23.1 Å². The van der Waals surface area contributed by atoms with Crippen LogP contribution in [-0.2, 0) is 0 Å². The van der Waals surface area contributed by atoms with E-state index in [-0.39, 0.29) is 0 Å². The molecule has 0 amide bonds. The predicted octanol–water partition coefficient (Wildman–Crippen LogP) is 3.72. The van der Waals surface area contributed by atoms with E-state index in [2.05, 4.69) is 4.98 Å². The largest absolute Gasteiger partial charge is 0.477 e. The molecule has 0 aromatic carbocycles. The maximum absolute atomic E-state index is 11.2. The molecule has 1 aromatic heterocycles. The van der Waals surface area contributed by atoms with E-state index < -0.39 is 0 Å². The highest BCUT2D eigenvalue weighted by molar-refractivity contribution is 8.00. The van der Waals surface area contributed by atoms with Crippen LogP contribution in [0.2, 0.25) is 0 Å². The molecule has 0 radical (unpaired) electrons. The van der Waals surface area contributed by atoms with E-state index in [9.17, 15) is 4.79 Å². The van der Waals surface area contributed by atoms with Gasteiger partial charge < -0.3 is 4.74 Å². The van der Waals surface area contributed by atoms with Crippen molar-refractivity contribution in [1.82, 2.24) is 4.98 Å². The second kappa shape index (κ2) is 6.78. The molecule has 0 spiro atoms. The lowest BCUT2D eigenvalue weighted by atomic mass is 10.0. The molecule has 1 heterocycles. The molecule has 1 aliphatic rings. The van der Waals surface area contributed by atoms with Gasteiger partial charge in [0, 0.05) is 16.3 Å². The number of aromatic nitrogens is 1. The third-order valence-corrected chi connectivity index (χ3v) is 4.57. The highest BCUT2D eigenvalue weighted by Gasteiger charge is 2.18. The summed E-state index contributed by atoms with van der Waals surface area (Å²) >= 11 is 1.80. The number of pyridine rings is 1. The average Bonchev–Trinajstić information content (AvgIpc) is 2.41. The smallest absolute Gasteiger partial charge is 0.225 e. The van der Waals surface area contributed by atoms with Gasteiger partial charge in [0.05, 0.1) is 12.2 Å². The monoisotopic (exact) mass is 265 g/mol. The molecule has 3 nitrogen and oxygen atoms in total. The molecule has 1 saturated carbocycles. The van der Waals surface area contributed by atoms with E-state index in [1.807, 2.05) is 13.0 Å². The van der Waals surface area contributed by atoms with Gasteiger partial charge >= 0.3 is 0 Å². The van der Waals surface area contributed by atoms with Crippen LogP contribution in [0.25, 0.3) is 0 Å². The summed E-state index contributed by atoms with van der Waals surface area (Å²) < 4.78 is 5.40. The molecular weight excluding hydrogens is 246 g/mol. The summed E-state index contributed by atoms with van der Waals surface area (Å²) in [7, 11) is 0. The van der Waals surface area contributed by atoms with Crippen molar-refractivity contribution >= 4 is 18.0 Å². The molecule has 0 saturated heterocycles. The summed E-state index contributed by atoms with van der Waals surface area (Å²) in [5.74, 6) is 0.466. The van der Waals surface area contributed by atoms with Crippen LogP contribution >= 0.6 is 11.8 Å². The Kier molecular flexibility index (Phi) is 5.05. The van der Waals surface area contributed by atoms with Crippen LogP contribution in [0, 0.1) is 0 Å². The normalized spacial score (nSPS) is 16.5. The van der Waals surface area contributed by atoms with Crippen molar-refractivity contribution in [2.24, 2.45) is 0 Å². The standard InChI is InChI=1S/C14H19NO2S/c1-2-17-14-12(10-16)13(8-9-15-14)18-11-6-4-3-5-7-11/h8-11H,2-7H2,1H3. The lowest BCUT2D eigenvalue weighted by Gasteiger charge is -2.21. The third kappa shape index (κ3) is 3.25. The molecular formula is C14H19NO2S. The quantitative estimate of drug-likeness (QED) is 0.761. The van der Waals surface area contributed by atoms with Crippen molar-refractivity contribution in [1.29, 1.82) is 0 Å². The number of carbonyl (C=O) groups excluding carboxylic acids is 1. The lowest BCUT2D eigenvalue weighted by molar-refractivity contribution is 0.111. The van der Waals surface area contributed by atoms with Gasteiger partial charge in [-0.05, 0) is 25.8 Å². The Hall–Kier alpha value is -1.03. The van der Waals surface area contributed by atoms with Crippen molar-refractivity contribution < 1.29 is 9.53 Å². The Balaban J connectivity index is 2.15. The van der Waals surface area contributed by atoms with E-state index in [1.165, 1.54) is 32.1 Å². The van der Waals surface area contributed by atoms with Gasteiger partial charge in [0.2, 0.25) is 5.88 Å². The maximum atomic E-state index is 11.2. The van der Waals surface area contributed by atoms with Gasteiger partial charge in [-0.2, -0.15) is 0 Å². The fourth-order valence-corrected chi connectivity index (χ4v) is 3.59. The van der Waals surface area contributed by atoms with Crippen LogP contribution in [0.5, 0.6) is 5.88 Å². The molecule has 1 aromatic rings. The Labute approximate surface area is 112 Å². The second-order valence-corrected chi connectivity index (χ2v) is 5.80. The number of nitrogens with zero attached hydrogens (tertiary/aromatic N) is 1. The Morgan fingerprint density at radius 1 is 1.44 bits per heavy atom. The average molecular weight is 265 g/mol. The van der Waals surface area contributed by atoms with E-state index >= 15 is 0 Å². The molecule has 0 N–H and O–H groups in total. The summed E-state index contributed by atoms with van der Waals surface area (Å²) in [6.45, 7) is 2.43. The summed E-state index contributed by atoms with van der Waals surface area (Å²) in [5.41, 5.74) is 0.606. The summed E-state index contributed by atoms with van der Waals surface area (Å²) in [5, 5.41) is 0.634. The highest BCUT2D eigenvalue weighted by atomic mass is 32.2. The molecule has 4 heteroatoms. The minimum Gasteiger partial charge on any atom is -0.477 e. The number of carbonyl (C=O) groups is 1. The SMILES string of the molecule is CCOc1nccc(SC2CCCCC2)c1C=O. The molecule has 0 atom stereocenters. The van der Waals surface area contributed by atoms with E-state index in [4.69, 9.17) is 4.74 Å². The van der Waals surface area contributed by atoms with Crippen molar-refractivity contribution in [2.45, 2.75) is 49.2 Å². The number of aldehydes is 1. The number of hydrogen-bond donors (Lipinski definition) is 0. The Morgan fingerprint density at radius 2 is 2.22 bits per heavy atom. The van der Waals surface area contributed by atoms with Crippen molar-refractivity contribution in [3.8, 4) is 5.88 Å². The summed E-state index contributed by atoms with van der Waals surface area (Å²) in [6, 6.07) is 1.92. The van der Waals surface area contributed by atoms with E-state index in [0.29, 0.717) is 23.3 Å². The fraction of sp³-hybridized carbons (Fsp3) is 0.571. The minimum atomic E-state index is 0.466. The van der Waals surface area contributed by atoms with Crippen LogP contribution < -0.4 is 4.74 Å². The molecule has 98 valence electrons. The van der Waals surface area contributed by atoms with E-state index in [0.717, 1.165) is 11.2 Å². The zero-order valence-electron chi connectivity index (χ0n) is 10.7. The number of hydrogen-bond acceptors (Lipinski definition) is 4. The molecule has 2 rings (SSSR count). The Bertz CT molecular complexity index is 403. The highest BCUT2D eigenvalue weighted by Crippen LogP contribution is 2.36. The number of rotatable bonds is 5. The van der Waals surface area contributed by atoms with Gasteiger partial charge in [-0.1, -0.05) is 19.3 Å². The van der Waals surface area contributed by atoms with Crippen LogP contribution in [0.15, 0.2) is 17.2 Å². The van der Waals surface area contributed by atoms with Gasteiger partial charge in [-0.15, -0.1) is 11.8 Å². The van der Waals surface area contributed by atoms with Gasteiger partial charge in [-0.25, -0.2) is 4.98 Å². The zero-order chi connectivity index (χ0) is 12.8. The van der Waals surface area contributed by atoms with Gasteiger partial charge in [0.25, 0.3) is 0 Å². The molecule has 1 fully saturated rings. The molecule has 1 aliphatic carbocycles. The first-order chi connectivity index (χ1) is 8.85. The first-order valence-electron chi connectivity index (χ1n) is 6.58. The van der Waals surface area contributed by atoms with Crippen molar-refractivity contribution in [3.63, 3.8) is 0 Å². The number of thioether (sulfide) groups is 1. The number of ether oxygens (including phenoxy) is 1. The maximum Gasteiger partial charge on any atom is 0.225 e. The van der Waals surface area contributed by atoms with Gasteiger partial charge in [0.15, 0.2) is 6.29 Å². The van der Waals surface area contributed by atoms with Crippen LogP contribution in [0.4, 0.5) is 0 Å². The van der Waals surface area contributed by atoms with Crippen molar-refractivity contribution in [3.05, 3.63) is 17.8 Å². The zero-order valence-corrected chi connectivity index (χ0v) is 11.5. The first-order valence-corrected chi connectivity index (χ1v) is 7.46. The first kappa shape index (κ1) is 13.4.